The van der Waals surface area contributed by atoms with Crippen molar-refractivity contribution in [1.29, 1.82) is 0 Å². The van der Waals surface area contributed by atoms with Crippen LogP contribution >= 0.6 is 0 Å². The van der Waals surface area contributed by atoms with Crippen LogP contribution in [0.15, 0.2) is 0 Å². The Morgan fingerprint density at radius 1 is 0.733 bits per heavy atom. The van der Waals surface area contributed by atoms with Crippen molar-refractivity contribution in [2.45, 2.75) is 65.2 Å². The number of hydrogen-bond donors (Lipinski definition) is 0. The van der Waals surface area contributed by atoms with Crippen molar-refractivity contribution < 1.29 is 0 Å². The van der Waals surface area contributed by atoms with Crippen LogP contribution in [0.3, 0.4) is 0 Å². The highest BCUT2D eigenvalue weighted by atomic mass is 14.3. The van der Waals surface area contributed by atoms with E-state index in [1.54, 1.807) is 0 Å². The van der Waals surface area contributed by atoms with Crippen LogP contribution in [0.25, 0.3) is 0 Å². The summed E-state index contributed by atoms with van der Waals surface area (Å²) in [5.74, 6) is 3.44. The zero-order chi connectivity index (χ0) is 10.7. The standard InChI is InChI=1S/C15H26/c1-12(14-7-3-4-8-14)11-13(2)15-9-5-6-10-15/h12-15H,3-10H2,1-2H3. The van der Waals surface area contributed by atoms with Gasteiger partial charge in [0.2, 0.25) is 0 Å². The minimum Gasteiger partial charge on any atom is -0.0617 e. The Balaban J connectivity index is 1.74. The molecule has 2 aliphatic carbocycles. The number of hydrogen-bond acceptors (Lipinski definition) is 0. The minimum atomic E-state index is 0.753. The van der Waals surface area contributed by atoms with E-state index in [-0.39, 0.29) is 0 Å². The van der Waals surface area contributed by atoms with Crippen molar-refractivity contribution >= 4 is 0 Å². The molecule has 0 heterocycles. The van der Waals surface area contributed by atoms with E-state index in [1.807, 2.05) is 0 Å². The summed E-state index contributed by atoms with van der Waals surface area (Å²) in [7, 11) is 0. The van der Waals surface area contributed by atoms with Gasteiger partial charge in [0.25, 0.3) is 0 Å². The van der Waals surface area contributed by atoms with Crippen molar-refractivity contribution in [3.8, 4) is 0 Å². The normalized spacial score (nSPS) is 28.4. The fourth-order valence-corrected chi connectivity index (χ4v) is 3.60. The molecule has 2 radical (unpaired) electrons. The second-order valence-corrected chi connectivity index (χ2v) is 5.83. The van der Waals surface area contributed by atoms with E-state index in [4.69, 9.17) is 0 Å². The third-order valence-electron chi connectivity index (χ3n) is 4.74. The Bertz CT molecular complexity index is 152. The first-order chi connectivity index (χ1) is 7.27. The van der Waals surface area contributed by atoms with Gasteiger partial charge in [-0.05, 0) is 30.1 Å². The third kappa shape index (κ3) is 2.98. The molecule has 0 aromatic rings. The van der Waals surface area contributed by atoms with Crippen molar-refractivity contribution in [3.05, 3.63) is 6.42 Å². The molecule has 0 aromatic carbocycles. The van der Waals surface area contributed by atoms with Crippen molar-refractivity contribution in [1.82, 2.24) is 0 Å². The van der Waals surface area contributed by atoms with Crippen LogP contribution in [-0.2, 0) is 0 Å². The lowest BCUT2D eigenvalue weighted by atomic mass is 9.80. The largest absolute Gasteiger partial charge is 0.0617 e. The van der Waals surface area contributed by atoms with Gasteiger partial charge >= 0.3 is 0 Å². The summed E-state index contributed by atoms with van der Waals surface area (Å²) in [6, 6.07) is 0. The highest BCUT2D eigenvalue weighted by molar-refractivity contribution is 4.89. The average Bonchev–Trinajstić information content (AvgIpc) is 2.91. The molecule has 0 amide bonds. The van der Waals surface area contributed by atoms with Gasteiger partial charge in [0, 0.05) is 0 Å². The molecule has 2 atom stereocenters. The molecule has 86 valence electrons. The predicted molar refractivity (Wildman–Crippen MR) is 65.5 cm³/mol. The Labute approximate surface area is 95.8 Å². The van der Waals surface area contributed by atoms with E-state index in [0.29, 0.717) is 0 Å². The number of rotatable bonds is 4. The smallest absolute Gasteiger partial charge is 0.0106 e. The summed E-state index contributed by atoms with van der Waals surface area (Å²) < 4.78 is 0. The predicted octanol–water partition coefficient (Wildman–Crippen LogP) is 4.72. The first kappa shape index (κ1) is 11.5. The summed E-state index contributed by atoms with van der Waals surface area (Å²) in [5, 5.41) is 0. The summed E-state index contributed by atoms with van der Waals surface area (Å²) >= 11 is 0. The van der Waals surface area contributed by atoms with Gasteiger partial charge in [0.15, 0.2) is 0 Å². The van der Waals surface area contributed by atoms with E-state index in [0.717, 1.165) is 23.7 Å². The highest BCUT2D eigenvalue weighted by Gasteiger charge is 2.27. The molecule has 0 aliphatic heterocycles. The first-order valence-electron chi connectivity index (χ1n) is 7.03. The maximum absolute atomic E-state index is 3.86. The first-order valence-corrected chi connectivity index (χ1v) is 7.03. The van der Waals surface area contributed by atoms with Gasteiger partial charge in [0.1, 0.15) is 0 Å². The average molecular weight is 206 g/mol. The lowest BCUT2D eigenvalue weighted by Crippen LogP contribution is -2.17. The quantitative estimate of drug-likeness (QED) is 0.624. The zero-order valence-electron chi connectivity index (χ0n) is 10.5. The molecule has 2 saturated carbocycles. The van der Waals surface area contributed by atoms with Crippen molar-refractivity contribution in [2.75, 3.05) is 0 Å². The molecular weight excluding hydrogens is 180 g/mol. The summed E-state index contributed by atoms with van der Waals surface area (Å²) in [6.45, 7) is 4.81. The summed E-state index contributed by atoms with van der Waals surface area (Å²) in [5.41, 5.74) is 0. The topological polar surface area (TPSA) is 0 Å². The maximum atomic E-state index is 3.86. The molecule has 0 aromatic heterocycles. The Morgan fingerprint density at radius 2 is 1.07 bits per heavy atom. The molecule has 2 unspecified atom stereocenters. The molecule has 0 spiro atoms. The van der Waals surface area contributed by atoms with Gasteiger partial charge in [-0.1, -0.05) is 65.2 Å². The Hall–Kier alpha value is 0. The molecule has 0 nitrogen and oxygen atoms in total. The van der Waals surface area contributed by atoms with Crippen LogP contribution in [0.2, 0.25) is 0 Å². The van der Waals surface area contributed by atoms with Crippen LogP contribution in [0, 0.1) is 30.1 Å². The second-order valence-electron chi connectivity index (χ2n) is 5.83. The highest BCUT2D eigenvalue weighted by Crippen LogP contribution is 2.38. The van der Waals surface area contributed by atoms with Gasteiger partial charge < -0.3 is 0 Å². The lowest BCUT2D eigenvalue weighted by Gasteiger charge is -2.25. The second kappa shape index (κ2) is 5.37. The SMILES string of the molecule is CC([C]C(C)C1CCCC1)C1CCCC1. The fraction of sp³-hybridized carbons (Fsp3) is 0.933. The maximum Gasteiger partial charge on any atom is -0.0106 e. The minimum absolute atomic E-state index is 0.753. The molecule has 15 heavy (non-hydrogen) atoms. The van der Waals surface area contributed by atoms with Gasteiger partial charge in [0.05, 0.1) is 0 Å². The van der Waals surface area contributed by atoms with Crippen LogP contribution in [-0.4, -0.2) is 0 Å². The van der Waals surface area contributed by atoms with Gasteiger partial charge in [-0.15, -0.1) is 0 Å². The molecule has 2 fully saturated rings. The van der Waals surface area contributed by atoms with E-state index < -0.39 is 0 Å². The van der Waals surface area contributed by atoms with E-state index in [9.17, 15) is 0 Å². The molecule has 0 heteroatoms. The van der Waals surface area contributed by atoms with Gasteiger partial charge in [-0.25, -0.2) is 0 Å². The van der Waals surface area contributed by atoms with Crippen LogP contribution in [0.4, 0.5) is 0 Å². The monoisotopic (exact) mass is 206 g/mol. The van der Waals surface area contributed by atoms with Crippen molar-refractivity contribution in [3.63, 3.8) is 0 Å². The molecule has 0 saturated heterocycles. The van der Waals surface area contributed by atoms with Gasteiger partial charge in [-0.3, -0.25) is 0 Å². The molecule has 2 rings (SSSR count). The van der Waals surface area contributed by atoms with Crippen LogP contribution in [0.1, 0.15) is 65.2 Å². The van der Waals surface area contributed by atoms with E-state index >= 15 is 0 Å². The lowest BCUT2D eigenvalue weighted by molar-refractivity contribution is 0.325. The molecular formula is C15H26. The molecule has 0 bridgehead atoms. The molecule has 2 aliphatic rings. The summed E-state index contributed by atoms with van der Waals surface area (Å²) in [4.78, 5) is 0. The summed E-state index contributed by atoms with van der Waals surface area (Å²) in [6.07, 6.45) is 15.6. The third-order valence-corrected chi connectivity index (χ3v) is 4.74. The van der Waals surface area contributed by atoms with E-state index in [2.05, 4.69) is 20.3 Å². The van der Waals surface area contributed by atoms with Crippen molar-refractivity contribution in [2.24, 2.45) is 23.7 Å². The van der Waals surface area contributed by atoms with E-state index in [1.165, 1.54) is 51.4 Å². The fourth-order valence-electron chi connectivity index (χ4n) is 3.60. The van der Waals surface area contributed by atoms with Crippen LogP contribution < -0.4 is 0 Å². The Kier molecular flexibility index (Phi) is 4.11. The van der Waals surface area contributed by atoms with Crippen LogP contribution in [0.5, 0.6) is 0 Å². The molecule has 0 N–H and O–H groups in total. The zero-order valence-corrected chi connectivity index (χ0v) is 10.5. The van der Waals surface area contributed by atoms with Gasteiger partial charge in [-0.2, -0.15) is 0 Å². The Morgan fingerprint density at radius 3 is 1.40 bits per heavy atom.